The molecule has 1 fully saturated rings. The van der Waals surface area contributed by atoms with Gasteiger partial charge in [-0.3, -0.25) is 4.79 Å². The van der Waals surface area contributed by atoms with E-state index in [1.807, 2.05) is 18.2 Å². The second kappa shape index (κ2) is 6.34. The summed E-state index contributed by atoms with van der Waals surface area (Å²) in [7, 11) is 0. The molecule has 1 aromatic rings. The Morgan fingerprint density at radius 3 is 2.83 bits per heavy atom. The third-order valence-corrected chi connectivity index (χ3v) is 3.48. The second-order valence-electron chi connectivity index (χ2n) is 4.77. The van der Waals surface area contributed by atoms with Gasteiger partial charge in [-0.1, -0.05) is 30.3 Å². The number of benzene rings is 1. The van der Waals surface area contributed by atoms with E-state index in [1.165, 1.54) is 5.56 Å². The molecule has 0 radical (unpaired) electrons. The Bertz CT molecular complexity index is 402. The quantitative estimate of drug-likeness (QED) is 0.746. The van der Waals surface area contributed by atoms with Crippen LogP contribution in [-0.2, 0) is 16.0 Å². The summed E-state index contributed by atoms with van der Waals surface area (Å²) in [4.78, 5) is 24.5. The number of hydrogen-bond donors (Lipinski definition) is 0. The maximum Gasteiger partial charge on any atom is 0.223 e. The fourth-order valence-corrected chi connectivity index (χ4v) is 2.48. The van der Waals surface area contributed by atoms with Gasteiger partial charge in [0.25, 0.3) is 0 Å². The maximum atomic E-state index is 12.0. The molecule has 1 saturated heterocycles. The molecular weight excluding hydrogens is 226 g/mol. The Morgan fingerprint density at radius 2 is 2.11 bits per heavy atom. The third-order valence-electron chi connectivity index (χ3n) is 3.48. The first-order valence-corrected chi connectivity index (χ1v) is 6.60. The minimum absolute atomic E-state index is 0.125. The zero-order chi connectivity index (χ0) is 12.8. The topological polar surface area (TPSA) is 37.4 Å². The van der Waals surface area contributed by atoms with Crippen LogP contribution in [0.1, 0.15) is 31.2 Å². The number of hydrogen-bond acceptors (Lipinski definition) is 2. The first-order valence-electron chi connectivity index (χ1n) is 6.60. The number of likely N-dealkylation sites (tertiary alicyclic amines) is 1. The summed E-state index contributed by atoms with van der Waals surface area (Å²) < 4.78 is 0. The molecule has 96 valence electrons. The normalized spacial score (nSPS) is 18.9. The first kappa shape index (κ1) is 12.8. The first-order chi connectivity index (χ1) is 8.81. The van der Waals surface area contributed by atoms with Crippen molar-refractivity contribution in [2.75, 3.05) is 6.54 Å². The van der Waals surface area contributed by atoms with Crippen molar-refractivity contribution in [1.29, 1.82) is 0 Å². The average molecular weight is 245 g/mol. The van der Waals surface area contributed by atoms with Crippen LogP contribution in [0.5, 0.6) is 0 Å². The van der Waals surface area contributed by atoms with Crippen LogP contribution < -0.4 is 0 Å². The molecular formula is C15H19NO2. The van der Waals surface area contributed by atoms with Crippen molar-refractivity contribution in [2.24, 2.45) is 0 Å². The lowest BCUT2D eigenvalue weighted by atomic mass is 10.1. The zero-order valence-electron chi connectivity index (χ0n) is 10.5. The minimum atomic E-state index is -0.172. The Hall–Kier alpha value is -1.64. The van der Waals surface area contributed by atoms with Crippen LogP contribution in [-0.4, -0.2) is 29.7 Å². The second-order valence-corrected chi connectivity index (χ2v) is 4.77. The lowest BCUT2D eigenvalue weighted by molar-refractivity contribution is -0.134. The van der Waals surface area contributed by atoms with Crippen molar-refractivity contribution < 1.29 is 9.59 Å². The summed E-state index contributed by atoms with van der Waals surface area (Å²) in [5, 5.41) is 0. The van der Waals surface area contributed by atoms with E-state index in [0.29, 0.717) is 6.42 Å². The van der Waals surface area contributed by atoms with Crippen molar-refractivity contribution in [2.45, 2.75) is 38.1 Å². The Kier molecular flexibility index (Phi) is 4.51. The van der Waals surface area contributed by atoms with Gasteiger partial charge in [0.2, 0.25) is 5.91 Å². The van der Waals surface area contributed by atoms with Gasteiger partial charge in [-0.05, 0) is 31.2 Å². The van der Waals surface area contributed by atoms with Gasteiger partial charge in [-0.25, -0.2) is 0 Å². The van der Waals surface area contributed by atoms with Crippen molar-refractivity contribution in [3.63, 3.8) is 0 Å². The molecule has 0 spiro atoms. The number of aryl methyl sites for hydroxylation is 1. The predicted octanol–water partition coefficient (Wildman–Crippen LogP) is 2.20. The Morgan fingerprint density at radius 1 is 1.33 bits per heavy atom. The van der Waals surface area contributed by atoms with Crippen LogP contribution in [0, 0.1) is 0 Å². The van der Waals surface area contributed by atoms with Crippen LogP contribution in [0.3, 0.4) is 0 Å². The molecule has 1 aliphatic heterocycles. The van der Waals surface area contributed by atoms with Gasteiger partial charge in [0.05, 0.1) is 6.04 Å². The fourth-order valence-electron chi connectivity index (χ4n) is 2.48. The smallest absolute Gasteiger partial charge is 0.223 e. The van der Waals surface area contributed by atoms with Crippen LogP contribution >= 0.6 is 0 Å². The van der Waals surface area contributed by atoms with E-state index in [0.717, 1.165) is 38.5 Å². The molecule has 0 aliphatic carbocycles. The highest BCUT2D eigenvalue weighted by Gasteiger charge is 2.27. The summed E-state index contributed by atoms with van der Waals surface area (Å²) in [6.45, 7) is 0.744. The van der Waals surface area contributed by atoms with Crippen molar-refractivity contribution >= 4 is 12.2 Å². The van der Waals surface area contributed by atoms with E-state index in [4.69, 9.17) is 0 Å². The van der Waals surface area contributed by atoms with E-state index >= 15 is 0 Å². The van der Waals surface area contributed by atoms with Gasteiger partial charge in [0.15, 0.2) is 0 Å². The van der Waals surface area contributed by atoms with Gasteiger partial charge in [-0.2, -0.15) is 0 Å². The van der Waals surface area contributed by atoms with Gasteiger partial charge >= 0.3 is 0 Å². The molecule has 0 bridgehead atoms. The van der Waals surface area contributed by atoms with Crippen LogP contribution in [0.4, 0.5) is 0 Å². The summed E-state index contributed by atoms with van der Waals surface area (Å²) in [6.07, 6.45) is 5.00. The average Bonchev–Trinajstić information content (AvgIpc) is 2.88. The van der Waals surface area contributed by atoms with Crippen molar-refractivity contribution in [1.82, 2.24) is 4.90 Å². The molecule has 0 N–H and O–H groups in total. The van der Waals surface area contributed by atoms with Crippen molar-refractivity contribution in [3.05, 3.63) is 35.9 Å². The molecule has 1 aromatic carbocycles. The van der Waals surface area contributed by atoms with Gasteiger partial charge in [0, 0.05) is 13.0 Å². The number of carbonyl (C=O) groups excluding carboxylic acids is 2. The van der Waals surface area contributed by atoms with E-state index < -0.39 is 0 Å². The third kappa shape index (κ3) is 3.19. The van der Waals surface area contributed by atoms with E-state index in [-0.39, 0.29) is 11.9 Å². The van der Waals surface area contributed by atoms with Crippen molar-refractivity contribution in [3.8, 4) is 0 Å². The number of amides is 1. The lowest BCUT2D eigenvalue weighted by Gasteiger charge is -2.20. The molecule has 18 heavy (non-hydrogen) atoms. The summed E-state index contributed by atoms with van der Waals surface area (Å²) in [6, 6.07) is 10.0. The Labute approximate surface area is 108 Å². The van der Waals surface area contributed by atoms with E-state index in [9.17, 15) is 9.59 Å². The predicted molar refractivity (Wildman–Crippen MR) is 70.2 cm³/mol. The zero-order valence-corrected chi connectivity index (χ0v) is 10.5. The molecule has 0 aromatic heterocycles. The van der Waals surface area contributed by atoms with Crippen LogP contribution in [0.2, 0.25) is 0 Å². The molecule has 1 unspecified atom stereocenters. The van der Waals surface area contributed by atoms with Gasteiger partial charge in [-0.15, -0.1) is 0 Å². The summed E-state index contributed by atoms with van der Waals surface area (Å²) in [5.41, 5.74) is 1.26. The number of nitrogens with zero attached hydrogens (tertiary/aromatic N) is 1. The van der Waals surface area contributed by atoms with E-state index in [2.05, 4.69) is 12.1 Å². The molecule has 3 heteroatoms. The number of rotatable bonds is 5. The molecule has 1 amide bonds. The lowest BCUT2D eigenvalue weighted by Crippen LogP contribution is -2.36. The molecule has 2 rings (SSSR count). The largest absolute Gasteiger partial charge is 0.333 e. The molecule has 3 nitrogen and oxygen atoms in total. The van der Waals surface area contributed by atoms with Crippen LogP contribution in [0.25, 0.3) is 0 Å². The monoisotopic (exact) mass is 245 g/mol. The molecule has 1 aliphatic rings. The van der Waals surface area contributed by atoms with E-state index in [1.54, 1.807) is 4.90 Å². The van der Waals surface area contributed by atoms with Gasteiger partial charge < -0.3 is 9.69 Å². The molecule has 1 atom stereocenters. The highest BCUT2D eigenvalue weighted by molar-refractivity contribution is 5.80. The van der Waals surface area contributed by atoms with Gasteiger partial charge in [0.1, 0.15) is 6.29 Å². The summed E-state index contributed by atoms with van der Waals surface area (Å²) in [5.74, 6) is 0.125. The summed E-state index contributed by atoms with van der Waals surface area (Å²) >= 11 is 0. The number of carbonyl (C=O) groups is 2. The highest BCUT2D eigenvalue weighted by atomic mass is 16.2. The highest BCUT2D eigenvalue weighted by Crippen LogP contribution is 2.17. The minimum Gasteiger partial charge on any atom is -0.333 e. The standard InChI is InChI=1S/C15H19NO2/c17-12-14-9-5-11-16(14)15(18)10-4-8-13-6-2-1-3-7-13/h1-3,6-7,12,14H,4-5,8-11H2. The molecule has 1 heterocycles. The number of aldehydes is 1. The maximum absolute atomic E-state index is 12.0. The SMILES string of the molecule is O=CC1CCCN1C(=O)CCCc1ccccc1. The van der Waals surface area contributed by atoms with Crippen LogP contribution in [0.15, 0.2) is 30.3 Å². The Balaban J connectivity index is 1.76. The fraction of sp³-hybridized carbons (Fsp3) is 0.467. The molecule has 0 saturated carbocycles.